The number of ether oxygens (including phenoxy) is 1. The van der Waals surface area contributed by atoms with E-state index in [0.29, 0.717) is 22.8 Å². The summed E-state index contributed by atoms with van der Waals surface area (Å²) in [5.41, 5.74) is 4.16. The SMILES string of the molecule is COC(=O)c1ccc(C(=O)N(CC[NH+](C)C)c2nc3cc(C)cc(C)c3s2)cc1. The number of likely N-dealkylation sites (N-methyl/N-ethyl adjacent to an activating group) is 1. The van der Waals surface area contributed by atoms with E-state index in [1.807, 2.05) is 13.0 Å². The predicted octanol–water partition coefficient (Wildman–Crippen LogP) is 2.49. The van der Waals surface area contributed by atoms with Crippen molar-refractivity contribution in [2.45, 2.75) is 13.8 Å². The van der Waals surface area contributed by atoms with Gasteiger partial charge >= 0.3 is 5.97 Å². The van der Waals surface area contributed by atoms with Gasteiger partial charge in [0, 0.05) is 5.56 Å². The van der Waals surface area contributed by atoms with Crippen molar-refractivity contribution in [1.29, 1.82) is 0 Å². The van der Waals surface area contributed by atoms with Crippen LogP contribution in [0.1, 0.15) is 31.8 Å². The van der Waals surface area contributed by atoms with Crippen LogP contribution in [0.5, 0.6) is 0 Å². The number of benzene rings is 2. The molecule has 0 atom stereocenters. The number of quaternary nitrogens is 1. The fourth-order valence-corrected chi connectivity index (χ4v) is 4.16. The van der Waals surface area contributed by atoms with Gasteiger partial charge in [0.25, 0.3) is 5.91 Å². The minimum atomic E-state index is -0.422. The number of amides is 1. The van der Waals surface area contributed by atoms with Crippen LogP contribution in [0.2, 0.25) is 0 Å². The number of methoxy groups -OCH3 is 1. The molecular weight excluding hydrogens is 386 g/mol. The van der Waals surface area contributed by atoms with Gasteiger partial charge in [-0.3, -0.25) is 9.69 Å². The molecule has 2 aromatic carbocycles. The number of thiazole rings is 1. The first-order chi connectivity index (χ1) is 13.8. The highest BCUT2D eigenvalue weighted by Crippen LogP contribution is 2.32. The lowest BCUT2D eigenvalue weighted by Crippen LogP contribution is -3.06. The molecule has 0 saturated heterocycles. The Morgan fingerprint density at radius 2 is 1.76 bits per heavy atom. The Morgan fingerprint density at radius 1 is 1.10 bits per heavy atom. The van der Waals surface area contributed by atoms with Crippen LogP contribution in [0.25, 0.3) is 10.2 Å². The highest BCUT2D eigenvalue weighted by Gasteiger charge is 2.23. The van der Waals surface area contributed by atoms with Crippen molar-refractivity contribution in [2.24, 2.45) is 0 Å². The van der Waals surface area contributed by atoms with E-state index in [1.54, 1.807) is 29.2 Å². The molecule has 7 heteroatoms. The number of carbonyl (C=O) groups excluding carboxylic acids is 2. The van der Waals surface area contributed by atoms with Crippen molar-refractivity contribution in [2.75, 3.05) is 39.2 Å². The first-order valence-electron chi connectivity index (χ1n) is 9.47. The quantitative estimate of drug-likeness (QED) is 0.632. The van der Waals surface area contributed by atoms with Gasteiger partial charge < -0.3 is 9.64 Å². The van der Waals surface area contributed by atoms with E-state index in [-0.39, 0.29) is 5.91 Å². The number of nitrogens with one attached hydrogen (secondary N) is 1. The maximum absolute atomic E-state index is 13.3. The first kappa shape index (κ1) is 21.0. The summed E-state index contributed by atoms with van der Waals surface area (Å²) in [7, 11) is 5.45. The van der Waals surface area contributed by atoms with Crippen LogP contribution in [0.3, 0.4) is 0 Å². The molecule has 0 bridgehead atoms. The molecule has 1 heterocycles. The number of aromatic nitrogens is 1. The lowest BCUT2D eigenvalue weighted by Gasteiger charge is -2.20. The van der Waals surface area contributed by atoms with Gasteiger partial charge in [0.05, 0.1) is 50.1 Å². The molecule has 0 radical (unpaired) electrons. The molecule has 0 fully saturated rings. The summed E-state index contributed by atoms with van der Waals surface area (Å²) in [6.07, 6.45) is 0. The summed E-state index contributed by atoms with van der Waals surface area (Å²) in [5.74, 6) is -0.551. The number of carbonyl (C=O) groups is 2. The third-order valence-electron chi connectivity index (χ3n) is 4.67. The molecule has 0 aliphatic carbocycles. The van der Waals surface area contributed by atoms with Gasteiger partial charge in [-0.25, -0.2) is 9.78 Å². The van der Waals surface area contributed by atoms with Crippen molar-refractivity contribution >= 4 is 38.6 Å². The smallest absolute Gasteiger partial charge is 0.337 e. The summed E-state index contributed by atoms with van der Waals surface area (Å²) in [6.45, 7) is 5.46. The molecule has 3 aromatic rings. The Hall–Kier alpha value is -2.77. The van der Waals surface area contributed by atoms with Crippen molar-refractivity contribution in [3.63, 3.8) is 0 Å². The third kappa shape index (κ3) is 4.63. The van der Waals surface area contributed by atoms with Gasteiger partial charge in [0.2, 0.25) is 0 Å². The van der Waals surface area contributed by atoms with Crippen LogP contribution in [0.4, 0.5) is 5.13 Å². The Kier molecular flexibility index (Phi) is 6.30. The summed E-state index contributed by atoms with van der Waals surface area (Å²) < 4.78 is 5.83. The molecule has 1 N–H and O–H groups in total. The van der Waals surface area contributed by atoms with E-state index in [2.05, 4.69) is 27.1 Å². The van der Waals surface area contributed by atoms with E-state index in [0.717, 1.165) is 27.9 Å². The number of hydrogen-bond donors (Lipinski definition) is 1. The molecule has 0 aliphatic heterocycles. The van der Waals surface area contributed by atoms with Crippen LogP contribution in [-0.4, -0.2) is 51.2 Å². The Bertz CT molecular complexity index is 1040. The highest BCUT2D eigenvalue weighted by molar-refractivity contribution is 7.22. The molecule has 152 valence electrons. The summed E-state index contributed by atoms with van der Waals surface area (Å²) in [4.78, 5) is 32.7. The molecule has 0 saturated carbocycles. The number of fused-ring (bicyclic) bond motifs is 1. The predicted molar refractivity (Wildman–Crippen MR) is 116 cm³/mol. The molecule has 3 rings (SSSR count). The van der Waals surface area contributed by atoms with Crippen LogP contribution in [-0.2, 0) is 4.74 Å². The second-order valence-electron chi connectivity index (χ2n) is 7.41. The van der Waals surface area contributed by atoms with E-state index in [9.17, 15) is 9.59 Å². The molecular formula is C22H26N3O3S+. The van der Waals surface area contributed by atoms with Crippen molar-refractivity contribution in [3.05, 3.63) is 58.7 Å². The Labute approximate surface area is 174 Å². The maximum Gasteiger partial charge on any atom is 0.337 e. The zero-order valence-corrected chi connectivity index (χ0v) is 18.2. The van der Waals surface area contributed by atoms with Crippen molar-refractivity contribution < 1.29 is 19.2 Å². The van der Waals surface area contributed by atoms with Gasteiger partial charge in [-0.05, 0) is 55.3 Å². The zero-order chi connectivity index (χ0) is 21.1. The normalized spacial score (nSPS) is 11.1. The number of hydrogen-bond acceptors (Lipinski definition) is 5. The molecule has 1 aromatic heterocycles. The van der Waals surface area contributed by atoms with Crippen molar-refractivity contribution in [1.82, 2.24) is 4.98 Å². The maximum atomic E-state index is 13.3. The average Bonchev–Trinajstić information content (AvgIpc) is 3.11. The number of esters is 1. The second kappa shape index (κ2) is 8.71. The average molecular weight is 413 g/mol. The van der Waals surface area contributed by atoms with Crippen LogP contribution >= 0.6 is 11.3 Å². The minimum Gasteiger partial charge on any atom is -0.465 e. The number of aryl methyl sites for hydroxylation is 2. The van der Waals surface area contributed by atoms with Crippen LogP contribution in [0, 0.1) is 13.8 Å². The van der Waals surface area contributed by atoms with Crippen LogP contribution < -0.4 is 9.80 Å². The molecule has 29 heavy (non-hydrogen) atoms. The minimum absolute atomic E-state index is 0.129. The number of anilines is 1. The van der Waals surface area contributed by atoms with Crippen LogP contribution in [0.15, 0.2) is 36.4 Å². The van der Waals surface area contributed by atoms with Gasteiger partial charge in [0.15, 0.2) is 5.13 Å². The molecule has 1 amide bonds. The second-order valence-corrected chi connectivity index (χ2v) is 8.39. The van der Waals surface area contributed by atoms with E-state index >= 15 is 0 Å². The Balaban J connectivity index is 1.97. The molecule has 0 aliphatic rings. The topological polar surface area (TPSA) is 63.9 Å². The van der Waals surface area contributed by atoms with E-state index in [1.165, 1.54) is 23.3 Å². The first-order valence-corrected chi connectivity index (χ1v) is 10.3. The van der Waals surface area contributed by atoms with Gasteiger partial charge in [0.1, 0.15) is 0 Å². The van der Waals surface area contributed by atoms with E-state index < -0.39 is 5.97 Å². The summed E-state index contributed by atoms with van der Waals surface area (Å²) in [6, 6.07) is 10.7. The number of nitrogens with zero attached hydrogens (tertiary/aromatic N) is 2. The Morgan fingerprint density at radius 3 is 2.38 bits per heavy atom. The van der Waals surface area contributed by atoms with Gasteiger partial charge in [-0.2, -0.15) is 0 Å². The molecule has 0 unspecified atom stereocenters. The lowest BCUT2D eigenvalue weighted by molar-refractivity contribution is -0.856. The number of rotatable bonds is 6. The fraction of sp³-hybridized carbons (Fsp3) is 0.318. The van der Waals surface area contributed by atoms with Gasteiger partial charge in [-0.15, -0.1) is 0 Å². The summed E-state index contributed by atoms with van der Waals surface area (Å²) in [5, 5.41) is 0.692. The molecule has 0 spiro atoms. The van der Waals surface area contributed by atoms with E-state index in [4.69, 9.17) is 9.72 Å². The highest BCUT2D eigenvalue weighted by atomic mass is 32.1. The monoisotopic (exact) mass is 412 g/mol. The zero-order valence-electron chi connectivity index (χ0n) is 17.4. The van der Waals surface area contributed by atoms with Crippen molar-refractivity contribution in [3.8, 4) is 0 Å². The standard InChI is InChI=1S/C22H25N3O3S/c1-14-12-15(2)19-18(13-14)23-22(29-19)25(11-10-24(3)4)20(26)16-6-8-17(9-7-16)21(27)28-5/h6-9,12-13H,10-11H2,1-5H3/p+1. The fourth-order valence-electron chi connectivity index (χ4n) is 3.12. The lowest BCUT2D eigenvalue weighted by atomic mass is 10.1. The largest absolute Gasteiger partial charge is 0.465 e. The summed E-state index contributed by atoms with van der Waals surface area (Å²) >= 11 is 1.54. The molecule has 6 nitrogen and oxygen atoms in total. The third-order valence-corrected chi connectivity index (χ3v) is 5.90. The van der Waals surface area contributed by atoms with Gasteiger partial charge in [-0.1, -0.05) is 17.4 Å².